The van der Waals surface area contributed by atoms with E-state index in [1.807, 2.05) is 26.8 Å². The minimum Gasteiger partial charge on any atom is -0.478 e. The average Bonchev–Trinajstić information content (AvgIpc) is 3.78. The summed E-state index contributed by atoms with van der Waals surface area (Å²) in [6.45, 7) is 12.0. The number of ether oxygens (including phenoxy) is 10. The first-order valence-electron chi connectivity index (χ1n) is 26.3. The van der Waals surface area contributed by atoms with Crippen molar-refractivity contribution in [3.05, 3.63) is 120 Å². The van der Waals surface area contributed by atoms with E-state index in [-0.39, 0.29) is 37.8 Å². The first kappa shape index (κ1) is 63.1. The molecule has 4 aliphatic heterocycles. The third kappa shape index (κ3) is 17.1. The summed E-state index contributed by atoms with van der Waals surface area (Å²) in [7, 11) is 4.62. The van der Waals surface area contributed by atoms with Gasteiger partial charge >= 0.3 is 11.9 Å². The van der Waals surface area contributed by atoms with Gasteiger partial charge in [0.15, 0.2) is 18.7 Å². The highest BCUT2D eigenvalue weighted by Crippen LogP contribution is 2.46. The zero-order valence-corrected chi connectivity index (χ0v) is 46.0. The smallest absolute Gasteiger partial charge is 0.328 e. The number of esters is 1. The molecule has 428 valence electrons. The number of carboxylic acids is 1. The van der Waals surface area contributed by atoms with Gasteiger partial charge < -0.3 is 78.2 Å². The Morgan fingerprint density at radius 2 is 1.53 bits per heavy atom. The van der Waals surface area contributed by atoms with Gasteiger partial charge in [-0.05, 0) is 38.8 Å². The average molecular weight is 1080 g/mol. The maximum absolute atomic E-state index is 14.8. The third-order valence-electron chi connectivity index (χ3n) is 14.7. The lowest BCUT2D eigenvalue weighted by molar-refractivity contribution is -0.368. The van der Waals surface area contributed by atoms with Crippen LogP contribution < -0.4 is 5.32 Å². The molecule has 19 nitrogen and oxygen atoms in total. The number of carbonyl (C=O) groups excluding carboxylic acids is 2. The van der Waals surface area contributed by atoms with Crippen LogP contribution in [0.15, 0.2) is 115 Å². The van der Waals surface area contributed by atoms with Crippen LogP contribution in [0.1, 0.15) is 73.3 Å². The molecule has 0 aliphatic carbocycles. The molecule has 0 unspecified atom stereocenters. The SMILES string of the molecule is C/C=C\C=C\[C@@H]1O[C@](O)([C@H](CO[C@H]2C[C@H](OC)[C@H](O[C@@H]3C[C@@H](OC)[C@@H](O)[C@@H](C)O3)[C@H](C)O2)C(=O)NC/C=C/C=C(\C)[C@@H](OC)[C@@H](C)[C@H]2C[C@H](O)[C@H](/C=C/C=C/C=C/C(=O)O)O2)[C@H](OC(=O)Cc2ccccc2)[C@H](O)C1(C)C. The molecule has 4 fully saturated rings. The van der Waals surface area contributed by atoms with Crippen LogP contribution in [0.25, 0.3) is 0 Å². The van der Waals surface area contributed by atoms with E-state index in [0.29, 0.717) is 12.0 Å². The maximum atomic E-state index is 14.8. The lowest BCUT2D eigenvalue weighted by Gasteiger charge is -2.54. The molecule has 77 heavy (non-hydrogen) atoms. The highest BCUT2D eigenvalue weighted by Gasteiger charge is 2.63. The Balaban J connectivity index is 1.37. The molecule has 0 bridgehead atoms. The number of methoxy groups -OCH3 is 3. The van der Waals surface area contributed by atoms with Crippen LogP contribution in [0.2, 0.25) is 0 Å². The Morgan fingerprint density at radius 3 is 2.21 bits per heavy atom. The Labute approximate surface area is 453 Å². The number of nitrogens with one attached hydrogen (secondary N) is 1. The molecule has 0 aromatic heterocycles. The van der Waals surface area contributed by atoms with E-state index in [2.05, 4.69) is 5.32 Å². The second-order valence-corrected chi connectivity index (χ2v) is 20.6. The second kappa shape index (κ2) is 30.0. The van der Waals surface area contributed by atoms with Gasteiger partial charge in [0.25, 0.3) is 0 Å². The molecule has 6 N–H and O–H groups in total. The van der Waals surface area contributed by atoms with Crippen molar-refractivity contribution in [2.75, 3.05) is 34.5 Å². The van der Waals surface area contributed by atoms with Crippen LogP contribution in [0.4, 0.5) is 0 Å². The molecule has 19 heteroatoms. The predicted molar refractivity (Wildman–Crippen MR) is 284 cm³/mol. The van der Waals surface area contributed by atoms with Crippen LogP contribution in [0, 0.1) is 17.3 Å². The number of benzene rings is 1. The summed E-state index contributed by atoms with van der Waals surface area (Å²) < 4.78 is 61.1. The first-order valence-corrected chi connectivity index (χ1v) is 26.3. The number of aliphatic carboxylic acids is 1. The molecule has 1 aromatic carbocycles. The summed E-state index contributed by atoms with van der Waals surface area (Å²) in [4.78, 5) is 39.2. The summed E-state index contributed by atoms with van der Waals surface area (Å²) in [5, 5.41) is 58.2. The number of carbonyl (C=O) groups is 3. The number of amides is 1. The Kier molecular flexibility index (Phi) is 24.6. The van der Waals surface area contributed by atoms with E-state index in [4.69, 9.17) is 52.5 Å². The fourth-order valence-electron chi connectivity index (χ4n) is 10.1. The minimum atomic E-state index is -2.69. The predicted octanol–water partition coefficient (Wildman–Crippen LogP) is 4.97. The van der Waals surface area contributed by atoms with Crippen molar-refractivity contribution < 1.29 is 87.3 Å². The monoisotopic (exact) mass is 1080 g/mol. The van der Waals surface area contributed by atoms with Gasteiger partial charge in [-0.2, -0.15) is 0 Å². The van der Waals surface area contributed by atoms with Gasteiger partial charge in [-0.15, -0.1) is 0 Å². The van der Waals surface area contributed by atoms with Gasteiger partial charge in [0.1, 0.15) is 30.3 Å². The van der Waals surface area contributed by atoms with E-state index in [1.54, 1.807) is 126 Å². The van der Waals surface area contributed by atoms with Crippen molar-refractivity contribution >= 4 is 17.8 Å². The zero-order chi connectivity index (χ0) is 56.5. The summed E-state index contributed by atoms with van der Waals surface area (Å²) in [6.07, 6.45) is 9.73. The largest absolute Gasteiger partial charge is 0.478 e. The number of carboxylic acid groups (broad SMARTS) is 1. The van der Waals surface area contributed by atoms with Gasteiger partial charge in [0, 0.05) is 64.5 Å². The highest BCUT2D eigenvalue weighted by atomic mass is 16.7. The molecular weight excluding hydrogens is 999 g/mol. The first-order chi connectivity index (χ1) is 36.7. The maximum Gasteiger partial charge on any atom is 0.328 e. The summed E-state index contributed by atoms with van der Waals surface area (Å²) in [5.41, 5.74) is 0.294. The van der Waals surface area contributed by atoms with Crippen molar-refractivity contribution in [2.45, 2.75) is 172 Å². The summed E-state index contributed by atoms with van der Waals surface area (Å²) in [6, 6.07) is 8.83. The Morgan fingerprint density at radius 1 is 0.857 bits per heavy atom. The molecule has 0 radical (unpaired) electrons. The topological polar surface area (TPSA) is 257 Å². The van der Waals surface area contributed by atoms with Gasteiger partial charge in [0.2, 0.25) is 11.7 Å². The van der Waals surface area contributed by atoms with Crippen LogP contribution in [-0.2, 0) is 68.2 Å². The molecule has 1 aromatic rings. The molecule has 0 spiro atoms. The number of allylic oxidation sites excluding steroid dienone is 9. The molecule has 4 heterocycles. The number of hydrogen-bond acceptors (Lipinski definition) is 17. The fraction of sp³-hybridized carbons (Fsp3) is 0.603. The van der Waals surface area contributed by atoms with Crippen molar-refractivity contribution in [2.24, 2.45) is 17.3 Å². The van der Waals surface area contributed by atoms with Crippen molar-refractivity contribution in [3.63, 3.8) is 0 Å². The number of aliphatic hydroxyl groups is 4. The second-order valence-electron chi connectivity index (χ2n) is 20.6. The molecule has 5 rings (SSSR count). The van der Waals surface area contributed by atoms with E-state index in [0.717, 1.165) is 11.6 Å². The summed E-state index contributed by atoms with van der Waals surface area (Å²) >= 11 is 0. The van der Waals surface area contributed by atoms with Crippen LogP contribution in [-0.4, -0.2) is 176 Å². The zero-order valence-electron chi connectivity index (χ0n) is 46.0. The molecule has 18 atom stereocenters. The Hall–Kier alpha value is -4.71. The van der Waals surface area contributed by atoms with Gasteiger partial charge in [-0.3, -0.25) is 9.59 Å². The quantitative estimate of drug-likeness (QED) is 0.0429. The van der Waals surface area contributed by atoms with E-state index >= 15 is 0 Å². The number of aliphatic hydroxyl groups excluding tert-OH is 3. The van der Waals surface area contributed by atoms with Gasteiger partial charge in [-0.1, -0.05) is 124 Å². The fourth-order valence-corrected chi connectivity index (χ4v) is 10.1. The van der Waals surface area contributed by atoms with Gasteiger partial charge in [-0.25, -0.2) is 4.79 Å². The molecule has 4 saturated heterocycles. The molecule has 0 saturated carbocycles. The molecule has 1 amide bonds. The standard InChI is InChI=1S/C58H83NO18/c1-11-12-16-27-46-57(6,7)54(65)55(75-48(63)30-39-24-17-15-18-25-39)58(67,77-46)40(34-71-49-33-45(69-9)53(38(5)73-49)76-50-32-44(68-8)51(64)37(4)72-50)56(66)59-29-22-21-23-35(2)52(70-10)36(3)43-31-41(60)42(74-43)26-19-13-14-20-28-47(61)62/h11-28,36-38,40-46,49-55,60,64-65,67H,29-34H2,1-10H3,(H,59,66)(H,61,62)/b12-11-,14-13+,22-21+,26-19+,27-16+,28-20+,35-23+/t36-,37+,38-,40+,41-,42-,43+,44+,45-,46-,49+,50+,51-,52+,53+,54-,55+,58+/m0/s1. The van der Waals surface area contributed by atoms with Crippen molar-refractivity contribution in [1.29, 1.82) is 0 Å². The summed E-state index contributed by atoms with van der Waals surface area (Å²) in [5.74, 6) is -7.12. The number of hydrogen-bond donors (Lipinski definition) is 6. The highest BCUT2D eigenvalue weighted by molar-refractivity contribution is 5.81. The lowest BCUT2D eigenvalue weighted by atomic mass is 9.71. The van der Waals surface area contributed by atoms with Crippen molar-refractivity contribution in [3.8, 4) is 0 Å². The lowest BCUT2D eigenvalue weighted by Crippen LogP contribution is -2.71. The Bertz CT molecular complexity index is 2240. The minimum absolute atomic E-state index is 0.0451. The van der Waals surface area contributed by atoms with Crippen LogP contribution >= 0.6 is 0 Å². The van der Waals surface area contributed by atoms with Crippen LogP contribution in [0.5, 0.6) is 0 Å². The van der Waals surface area contributed by atoms with E-state index in [1.165, 1.54) is 20.3 Å². The normalized spacial score (nSPS) is 34.4. The van der Waals surface area contributed by atoms with E-state index in [9.17, 15) is 34.8 Å². The van der Waals surface area contributed by atoms with Gasteiger partial charge in [0.05, 0.1) is 61.9 Å². The van der Waals surface area contributed by atoms with Crippen molar-refractivity contribution in [1.82, 2.24) is 5.32 Å². The molecule has 4 aliphatic rings. The molecular formula is C58H83NO18. The number of rotatable bonds is 25. The van der Waals surface area contributed by atoms with E-state index < -0.39 is 127 Å². The third-order valence-corrected chi connectivity index (χ3v) is 14.7. The van der Waals surface area contributed by atoms with Crippen LogP contribution in [0.3, 0.4) is 0 Å².